The number of nitrogens with one attached hydrogen (secondary N) is 1. The summed E-state index contributed by atoms with van der Waals surface area (Å²) in [6.45, 7) is 0. The number of amides is 1. The maximum Gasteiger partial charge on any atom is 0.227 e. The lowest BCUT2D eigenvalue weighted by molar-refractivity contribution is -0.120. The highest BCUT2D eigenvalue weighted by atomic mass is 19.1. The number of carbonyl (C=O) groups is 1. The number of nitrogens with two attached hydrogens (primary N) is 1. The molecule has 0 saturated heterocycles. The van der Waals surface area contributed by atoms with Crippen molar-refractivity contribution in [2.24, 2.45) is 11.7 Å². The van der Waals surface area contributed by atoms with Crippen LogP contribution in [0.2, 0.25) is 0 Å². The minimum atomic E-state index is -0.619. The number of benzene rings is 1. The zero-order valence-corrected chi connectivity index (χ0v) is 10.5. The minimum Gasteiger partial charge on any atom is -0.328 e. The summed E-state index contributed by atoms with van der Waals surface area (Å²) in [7, 11) is 0. The van der Waals surface area contributed by atoms with Gasteiger partial charge in [0.2, 0.25) is 5.91 Å². The van der Waals surface area contributed by atoms with Crippen LogP contribution < -0.4 is 11.1 Å². The topological polar surface area (TPSA) is 78.9 Å². The number of nitrogens with zero attached hydrogens (tertiary/aromatic N) is 1. The van der Waals surface area contributed by atoms with Crippen LogP contribution in [0.1, 0.15) is 31.2 Å². The summed E-state index contributed by atoms with van der Waals surface area (Å²) < 4.78 is 13.4. The Hall–Kier alpha value is -1.93. The van der Waals surface area contributed by atoms with Crippen LogP contribution in [-0.2, 0) is 4.79 Å². The fourth-order valence-corrected chi connectivity index (χ4v) is 2.36. The van der Waals surface area contributed by atoms with Gasteiger partial charge in [-0.05, 0) is 37.8 Å². The molecular formula is C14H16FN3O. The molecule has 19 heavy (non-hydrogen) atoms. The van der Waals surface area contributed by atoms with Crippen molar-refractivity contribution in [3.63, 3.8) is 0 Å². The van der Waals surface area contributed by atoms with E-state index in [2.05, 4.69) is 5.32 Å². The van der Waals surface area contributed by atoms with Crippen molar-refractivity contribution in [2.45, 2.75) is 31.7 Å². The molecule has 0 heterocycles. The van der Waals surface area contributed by atoms with E-state index in [9.17, 15) is 9.18 Å². The Morgan fingerprint density at radius 2 is 2.05 bits per heavy atom. The molecule has 3 N–H and O–H groups in total. The maximum absolute atomic E-state index is 13.4. The molecule has 1 aromatic rings. The summed E-state index contributed by atoms with van der Waals surface area (Å²) in [4.78, 5) is 12.1. The fraction of sp³-hybridized carbons (Fsp3) is 0.429. The summed E-state index contributed by atoms with van der Waals surface area (Å²) in [5.74, 6) is -0.880. The smallest absolute Gasteiger partial charge is 0.227 e. The lowest BCUT2D eigenvalue weighted by Crippen LogP contribution is -2.32. The molecule has 1 fully saturated rings. The highest BCUT2D eigenvalue weighted by Crippen LogP contribution is 2.25. The van der Waals surface area contributed by atoms with Gasteiger partial charge in [0.15, 0.2) is 0 Å². The standard InChI is InChI=1S/C14H16FN3O/c15-12-2-1-3-13(11(12)8-16)18-14(19)9-4-6-10(17)7-5-9/h1-3,9-10H,4-7,17H2,(H,18,19). The molecular weight excluding hydrogens is 245 g/mol. The normalized spacial score (nSPS) is 22.6. The van der Waals surface area contributed by atoms with Gasteiger partial charge in [0, 0.05) is 12.0 Å². The van der Waals surface area contributed by atoms with E-state index in [1.54, 1.807) is 6.07 Å². The molecule has 0 radical (unpaired) electrons. The highest BCUT2D eigenvalue weighted by molar-refractivity contribution is 5.93. The highest BCUT2D eigenvalue weighted by Gasteiger charge is 2.25. The van der Waals surface area contributed by atoms with Crippen LogP contribution in [0.5, 0.6) is 0 Å². The number of anilines is 1. The molecule has 0 aliphatic heterocycles. The van der Waals surface area contributed by atoms with E-state index in [-0.39, 0.29) is 29.1 Å². The first-order valence-corrected chi connectivity index (χ1v) is 6.37. The molecule has 1 aromatic carbocycles. The van der Waals surface area contributed by atoms with Gasteiger partial charge in [-0.2, -0.15) is 5.26 Å². The number of rotatable bonds is 2. The Bertz CT molecular complexity index is 516. The summed E-state index contributed by atoms with van der Waals surface area (Å²) in [6.07, 6.45) is 3.13. The van der Waals surface area contributed by atoms with E-state index in [4.69, 9.17) is 11.0 Å². The summed E-state index contributed by atoms with van der Waals surface area (Å²) in [5.41, 5.74) is 5.91. The van der Waals surface area contributed by atoms with Crippen molar-refractivity contribution in [2.75, 3.05) is 5.32 Å². The Labute approximate surface area is 111 Å². The first-order valence-electron chi connectivity index (χ1n) is 6.37. The van der Waals surface area contributed by atoms with Gasteiger partial charge in [-0.3, -0.25) is 4.79 Å². The molecule has 0 atom stereocenters. The van der Waals surface area contributed by atoms with Crippen LogP contribution >= 0.6 is 0 Å². The number of carbonyl (C=O) groups excluding carboxylic acids is 1. The quantitative estimate of drug-likeness (QED) is 0.856. The first kappa shape index (κ1) is 13.5. The summed E-state index contributed by atoms with van der Waals surface area (Å²) in [5, 5.41) is 11.5. The van der Waals surface area contributed by atoms with Gasteiger partial charge in [-0.15, -0.1) is 0 Å². The number of nitriles is 1. The van der Waals surface area contributed by atoms with E-state index >= 15 is 0 Å². The fourth-order valence-electron chi connectivity index (χ4n) is 2.36. The van der Waals surface area contributed by atoms with Crippen molar-refractivity contribution in [3.8, 4) is 6.07 Å². The van der Waals surface area contributed by atoms with E-state index < -0.39 is 5.82 Å². The first-order chi connectivity index (χ1) is 9.11. The predicted octanol–water partition coefficient (Wildman–Crippen LogP) is 2.15. The molecule has 0 aromatic heterocycles. The maximum atomic E-state index is 13.4. The van der Waals surface area contributed by atoms with Crippen LogP contribution in [0.3, 0.4) is 0 Å². The van der Waals surface area contributed by atoms with Crippen LogP contribution in [0.25, 0.3) is 0 Å². The molecule has 1 aliphatic carbocycles. The molecule has 4 nitrogen and oxygen atoms in total. The number of halogens is 1. The molecule has 5 heteroatoms. The lowest BCUT2D eigenvalue weighted by Gasteiger charge is -2.25. The average molecular weight is 261 g/mol. The van der Waals surface area contributed by atoms with Crippen LogP contribution in [-0.4, -0.2) is 11.9 Å². The summed E-state index contributed by atoms with van der Waals surface area (Å²) in [6, 6.07) is 6.16. The van der Waals surface area contributed by atoms with E-state index in [1.165, 1.54) is 18.2 Å². The molecule has 0 bridgehead atoms. The monoisotopic (exact) mass is 261 g/mol. The third-order valence-electron chi connectivity index (χ3n) is 3.53. The van der Waals surface area contributed by atoms with Gasteiger partial charge in [0.25, 0.3) is 0 Å². The molecule has 1 aliphatic rings. The van der Waals surface area contributed by atoms with Gasteiger partial charge < -0.3 is 11.1 Å². The van der Waals surface area contributed by atoms with Crippen molar-refractivity contribution < 1.29 is 9.18 Å². The second-order valence-corrected chi connectivity index (χ2v) is 4.88. The van der Waals surface area contributed by atoms with E-state index in [0.717, 1.165) is 25.7 Å². The van der Waals surface area contributed by atoms with Gasteiger partial charge >= 0.3 is 0 Å². The third-order valence-corrected chi connectivity index (χ3v) is 3.53. The lowest BCUT2D eigenvalue weighted by atomic mass is 9.86. The van der Waals surface area contributed by atoms with E-state index in [0.29, 0.717) is 0 Å². The van der Waals surface area contributed by atoms with Crippen molar-refractivity contribution in [3.05, 3.63) is 29.6 Å². The zero-order valence-electron chi connectivity index (χ0n) is 10.5. The minimum absolute atomic E-state index is 0.102. The van der Waals surface area contributed by atoms with Gasteiger partial charge in [-0.1, -0.05) is 6.07 Å². The molecule has 0 unspecified atom stereocenters. The van der Waals surface area contributed by atoms with Gasteiger partial charge in [0.05, 0.1) is 5.69 Å². The van der Waals surface area contributed by atoms with Crippen LogP contribution in [0.4, 0.5) is 10.1 Å². The van der Waals surface area contributed by atoms with Crippen LogP contribution in [0.15, 0.2) is 18.2 Å². The van der Waals surface area contributed by atoms with Crippen LogP contribution in [0, 0.1) is 23.1 Å². The van der Waals surface area contributed by atoms with Gasteiger partial charge in [0.1, 0.15) is 17.4 Å². The zero-order chi connectivity index (χ0) is 13.8. The number of hydrogen-bond donors (Lipinski definition) is 2. The van der Waals surface area contributed by atoms with E-state index in [1.807, 2.05) is 0 Å². The van der Waals surface area contributed by atoms with Crippen molar-refractivity contribution >= 4 is 11.6 Å². The average Bonchev–Trinajstić information content (AvgIpc) is 2.39. The van der Waals surface area contributed by atoms with Crippen molar-refractivity contribution in [1.82, 2.24) is 0 Å². The molecule has 100 valence electrons. The third kappa shape index (κ3) is 3.09. The van der Waals surface area contributed by atoms with Gasteiger partial charge in [-0.25, -0.2) is 4.39 Å². The molecule has 1 amide bonds. The second-order valence-electron chi connectivity index (χ2n) is 4.88. The largest absolute Gasteiger partial charge is 0.328 e. The Kier molecular flexibility index (Phi) is 4.13. The summed E-state index contributed by atoms with van der Waals surface area (Å²) >= 11 is 0. The SMILES string of the molecule is N#Cc1c(F)cccc1NC(=O)C1CCC(N)CC1. The molecule has 1 saturated carbocycles. The molecule has 2 rings (SSSR count). The second kappa shape index (κ2) is 5.81. The van der Waals surface area contributed by atoms with Crippen molar-refractivity contribution in [1.29, 1.82) is 5.26 Å². The molecule has 0 spiro atoms. The Morgan fingerprint density at radius 1 is 1.37 bits per heavy atom. The number of hydrogen-bond acceptors (Lipinski definition) is 3. The Morgan fingerprint density at radius 3 is 2.68 bits per heavy atom. The predicted molar refractivity (Wildman–Crippen MR) is 69.7 cm³/mol. The Balaban J connectivity index is 2.07.